The van der Waals surface area contributed by atoms with Crippen LogP contribution in [0.2, 0.25) is 5.02 Å². The van der Waals surface area contributed by atoms with Gasteiger partial charge in [0.25, 0.3) is 0 Å². The zero-order valence-electron chi connectivity index (χ0n) is 13.2. The third-order valence-corrected chi connectivity index (χ3v) is 4.89. The number of methoxy groups -OCH3 is 1. The number of rotatable bonds is 7. The molecule has 0 fully saturated rings. The van der Waals surface area contributed by atoms with E-state index in [-0.39, 0.29) is 11.2 Å². The smallest absolute Gasteiger partial charge is 0.237 e. The van der Waals surface area contributed by atoms with Crippen LogP contribution < -0.4 is 5.32 Å². The number of anilines is 1. The zero-order valence-corrected chi connectivity index (χ0v) is 14.8. The summed E-state index contributed by atoms with van der Waals surface area (Å²) in [7, 11) is 1.65. The molecule has 0 radical (unpaired) electrons. The van der Waals surface area contributed by atoms with E-state index in [4.69, 9.17) is 16.3 Å². The number of amides is 1. The maximum absolute atomic E-state index is 12.5. The van der Waals surface area contributed by atoms with Crippen molar-refractivity contribution in [3.63, 3.8) is 0 Å². The van der Waals surface area contributed by atoms with Gasteiger partial charge in [0.05, 0.1) is 11.9 Å². The second kappa shape index (κ2) is 8.96. The van der Waals surface area contributed by atoms with Crippen LogP contribution in [0.15, 0.2) is 53.4 Å². The predicted molar refractivity (Wildman–Crippen MR) is 97.2 cm³/mol. The van der Waals surface area contributed by atoms with Crippen LogP contribution in [0.1, 0.15) is 18.9 Å². The molecule has 2 rings (SSSR count). The molecular weight excluding hydrogens is 330 g/mol. The van der Waals surface area contributed by atoms with Gasteiger partial charge in [-0.1, -0.05) is 30.7 Å². The molecule has 0 aliphatic rings. The maximum atomic E-state index is 12.5. The molecule has 0 bridgehead atoms. The van der Waals surface area contributed by atoms with Gasteiger partial charge in [-0.25, -0.2) is 0 Å². The molecule has 122 valence electrons. The molecule has 2 aromatic rings. The van der Waals surface area contributed by atoms with E-state index in [1.54, 1.807) is 18.9 Å². The molecule has 3 nitrogen and oxygen atoms in total. The fraction of sp³-hybridized carbons (Fsp3) is 0.278. The minimum absolute atomic E-state index is 0.00187. The van der Waals surface area contributed by atoms with E-state index < -0.39 is 0 Å². The molecule has 0 aromatic heterocycles. The number of ether oxygens (including phenoxy) is 1. The van der Waals surface area contributed by atoms with Crippen LogP contribution in [0, 0.1) is 0 Å². The fourth-order valence-electron chi connectivity index (χ4n) is 2.13. The summed E-state index contributed by atoms with van der Waals surface area (Å²) in [6, 6.07) is 15.2. The van der Waals surface area contributed by atoms with E-state index in [9.17, 15) is 4.79 Å². The standard InChI is InChI=1S/C18H20ClNO2S/c1-3-17(23-16-9-7-14(19)8-10-16)18(21)20-15-6-4-5-13(11-15)12-22-2/h4-11,17H,3,12H2,1-2H3,(H,20,21)/t17-/m0/s1. The lowest BCUT2D eigenvalue weighted by Crippen LogP contribution is -2.24. The molecule has 0 aliphatic carbocycles. The summed E-state index contributed by atoms with van der Waals surface area (Å²) in [5.74, 6) is 0.00187. The molecule has 23 heavy (non-hydrogen) atoms. The van der Waals surface area contributed by atoms with Crippen LogP contribution in [0.5, 0.6) is 0 Å². The van der Waals surface area contributed by atoms with Crippen LogP contribution in [-0.2, 0) is 16.1 Å². The van der Waals surface area contributed by atoms with Crippen molar-refractivity contribution in [2.75, 3.05) is 12.4 Å². The van der Waals surface area contributed by atoms with Crippen molar-refractivity contribution in [3.05, 3.63) is 59.1 Å². The number of carbonyl (C=O) groups excluding carboxylic acids is 1. The summed E-state index contributed by atoms with van der Waals surface area (Å²) < 4.78 is 5.12. The lowest BCUT2D eigenvalue weighted by molar-refractivity contribution is -0.115. The average Bonchev–Trinajstić information content (AvgIpc) is 2.55. The van der Waals surface area contributed by atoms with Crippen molar-refractivity contribution < 1.29 is 9.53 Å². The molecule has 5 heteroatoms. The quantitative estimate of drug-likeness (QED) is 0.715. The first-order valence-corrected chi connectivity index (χ1v) is 8.69. The molecule has 0 saturated carbocycles. The van der Waals surface area contributed by atoms with Gasteiger partial charge in [0.2, 0.25) is 5.91 Å². The molecule has 0 unspecified atom stereocenters. The Morgan fingerprint density at radius 3 is 2.65 bits per heavy atom. The summed E-state index contributed by atoms with van der Waals surface area (Å²) >= 11 is 7.44. The normalized spacial score (nSPS) is 12.0. The lowest BCUT2D eigenvalue weighted by Gasteiger charge is -2.15. The summed E-state index contributed by atoms with van der Waals surface area (Å²) in [5.41, 5.74) is 1.82. The summed E-state index contributed by atoms with van der Waals surface area (Å²) in [6.07, 6.45) is 0.747. The van der Waals surface area contributed by atoms with Crippen molar-refractivity contribution >= 4 is 35.0 Å². The van der Waals surface area contributed by atoms with Crippen molar-refractivity contribution in [1.82, 2.24) is 0 Å². The number of benzene rings is 2. The molecule has 1 atom stereocenters. The highest BCUT2D eigenvalue weighted by atomic mass is 35.5. The van der Waals surface area contributed by atoms with Crippen molar-refractivity contribution in [1.29, 1.82) is 0 Å². The second-order valence-electron chi connectivity index (χ2n) is 5.09. The molecule has 1 N–H and O–H groups in total. The Labute approximate surface area is 146 Å². The SMILES string of the molecule is CC[C@H](Sc1ccc(Cl)cc1)C(=O)Nc1cccc(COC)c1. The Bertz CT molecular complexity index is 646. The van der Waals surface area contributed by atoms with Gasteiger partial charge in [-0.2, -0.15) is 0 Å². The molecule has 1 amide bonds. The number of nitrogens with one attached hydrogen (secondary N) is 1. The second-order valence-corrected chi connectivity index (χ2v) is 6.80. The topological polar surface area (TPSA) is 38.3 Å². The van der Waals surface area contributed by atoms with Crippen LogP contribution in [0.4, 0.5) is 5.69 Å². The molecule has 0 heterocycles. The highest BCUT2D eigenvalue weighted by molar-refractivity contribution is 8.00. The molecular formula is C18H20ClNO2S. The van der Waals surface area contributed by atoms with Crippen molar-refractivity contribution in [2.24, 2.45) is 0 Å². The van der Waals surface area contributed by atoms with Gasteiger partial charge in [0.1, 0.15) is 0 Å². The Morgan fingerprint density at radius 1 is 1.26 bits per heavy atom. The number of halogens is 1. The first kappa shape index (κ1) is 17.9. The van der Waals surface area contributed by atoms with E-state index >= 15 is 0 Å². The minimum Gasteiger partial charge on any atom is -0.380 e. The number of hydrogen-bond acceptors (Lipinski definition) is 3. The monoisotopic (exact) mass is 349 g/mol. The number of hydrogen-bond donors (Lipinski definition) is 1. The van der Waals surface area contributed by atoms with Gasteiger partial charge < -0.3 is 10.1 Å². The summed E-state index contributed by atoms with van der Waals surface area (Å²) in [4.78, 5) is 13.5. The maximum Gasteiger partial charge on any atom is 0.237 e. The van der Waals surface area contributed by atoms with Gasteiger partial charge in [0, 0.05) is 22.7 Å². The first-order valence-electron chi connectivity index (χ1n) is 7.43. The van der Waals surface area contributed by atoms with Gasteiger partial charge in [-0.15, -0.1) is 11.8 Å². The van der Waals surface area contributed by atoms with E-state index in [1.165, 1.54) is 0 Å². The summed E-state index contributed by atoms with van der Waals surface area (Å²) in [6.45, 7) is 2.54. The van der Waals surface area contributed by atoms with Gasteiger partial charge in [0.15, 0.2) is 0 Å². The zero-order chi connectivity index (χ0) is 16.7. The largest absolute Gasteiger partial charge is 0.380 e. The average molecular weight is 350 g/mol. The first-order chi connectivity index (χ1) is 11.1. The third kappa shape index (κ3) is 5.57. The van der Waals surface area contributed by atoms with Gasteiger partial charge in [-0.05, 0) is 48.4 Å². The Morgan fingerprint density at radius 2 is 2.00 bits per heavy atom. The van der Waals surface area contributed by atoms with Crippen LogP contribution in [-0.4, -0.2) is 18.3 Å². The Hall–Kier alpha value is -1.49. The molecule has 0 saturated heterocycles. The van der Waals surface area contributed by atoms with Crippen molar-refractivity contribution in [3.8, 4) is 0 Å². The van der Waals surface area contributed by atoms with E-state index in [2.05, 4.69) is 5.32 Å². The molecule has 0 spiro atoms. The van der Waals surface area contributed by atoms with E-state index in [0.29, 0.717) is 11.6 Å². The van der Waals surface area contributed by atoms with Gasteiger partial charge in [-0.3, -0.25) is 4.79 Å². The Kier molecular flexibility index (Phi) is 6.96. The number of carbonyl (C=O) groups is 1. The van der Waals surface area contributed by atoms with Crippen LogP contribution >= 0.6 is 23.4 Å². The molecule has 2 aromatic carbocycles. The highest BCUT2D eigenvalue weighted by Crippen LogP contribution is 2.27. The minimum atomic E-state index is -0.151. The van der Waals surface area contributed by atoms with Crippen molar-refractivity contribution in [2.45, 2.75) is 30.1 Å². The van der Waals surface area contributed by atoms with E-state index in [0.717, 1.165) is 22.6 Å². The van der Waals surface area contributed by atoms with Gasteiger partial charge >= 0.3 is 0 Å². The predicted octanol–water partition coefficient (Wildman–Crippen LogP) is 5.00. The Balaban J connectivity index is 2.02. The third-order valence-electron chi connectivity index (χ3n) is 3.26. The summed E-state index contributed by atoms with van der Waals surface area (Å²) in [5, 5.41) is 3.53. The van der Waals surface area contributed by atoms with E-state index in [1.807, 2.05) is 55.5 Å². The lowest BCUT2D eigenvalue weighted by atomic mass is 10.2. The number of thioether (sulfide) groups is 1. The van der Waals surface area contributed by atoms with Crippen LogP contribution in [0.25, 0.3) is 0 Å². The highest BCUT2D eigenvalue weighted by Gasteiger charge is 2.18. The fourth-order valence-corrected chi connectivity index (χ4v) is 3.21. The van der Waals surface area contributed by atoms with Crippen LogP contribution in [0.3, 0.4) is 0 Å². The molecule has 0 aliphatic heterocycles.